The van der Waals surface area contributed by atoms with Crippen molar-refractivity contribution >= 4 is 40.9 Å². The number of urea groups is 1. The number of amides is 2. The highest BCUT2D eigenvalue weighted by molar-refractivity contribution is 6.35. The molecule has 0 spiro atoms. The van der Waals surface area contributed by atoms with Crippen molar-refractivity contribution in [2.75, 3.05) is 18.9 Å². The van der Waals surface area contributed by atoms with Crippen LogP contribution in [0.2, 0.25) is 10.0 Å². The van der Waals surface area contributed by atoms with Crippen molar-refractivity contribution in [3.05, 3.63) is 63.1 Å². The number of nitrogens with zero attached hydrogens (tertiary/aromatic N) is 1. The van der Waals surface area contributed by atoms with E-state index in [-0.39, 0.29) is 5.92 Å². The van der Waals surface area contributed by atoms with Gasteiger partial charge in [0.1, 0.15) is 6.04 Å². The number of halogens is 2. The van der Waals surface area contributed by atoms with Gasteiger partial charge in [-0.1, -0.05) is 42.3 Å². The minimum Gasteiger partial charge on any atom is -0.480 e. The van der Waals surface area contributed by atoms with Gasteiger partial charge in [-0.25, -0.2) is 9.59 Å². The zero-order valence-electron chi connectivity index (χ0n) is 16.2. The first-order valence-electron chi connectivity index (χ1n) is 9.35. The molecule has 0 aliphatic carbocycles. The third-order valence-corrected chi connectivity index (χ3v) is 5.63. The summed E-state index contributed by atoms with van der Waals surface area (Å²) in [5.74, 6) is -0.949. The fraction of sp³-hybridized carbons (Fsp3) is 0.333. The number of carbonyl (C=O) groups excluding carboxylic acids is 1. The molecular formula is C21H23Cl2N3O3. The standard InChI is InChI=1S/C21H23Cl2N3O3/c1-3-19(20(27)28)25-21(29)24-14-6-4-12(5-7-14)16-10-26(2)11-17-15(16)8-13(22)9-18(17)23/h4-9,16,19H,3,10-11H2,1-2H3,(H,27,28)(H2,24,25,29)/t16-,19?/m0/s1. The van der Waals surface area contributed by atoms with Gasteiger partial charge in [0.2, 0.25) is 0 Å². The van der Waals surface area contributed by atoms with E-state index in [0.717, 1.165) is 29.8 Å². The Hall–Kier alpha value is -2.28. The van der Waals surface area contributed by atoms with E-state index in [1.54, 1.807) is 25.1 Å². The van der Waals surface area contributed by atoms with Crippen LogP contribution in [0.3, 0.4) is 0 Å². The molecule has 0 radical (unpaired) electrons. The van der Waals surface area contributed by atoms with E-state index >= 15 is 0 Å². The molecule has 154 valence electrons. The van der Waals surface area contributed by atoms with E-state index in [4.69, 9.17) is 28.3 Å². The molecule has 1 aliphatic heterocycles. The summed E-state index contributed by atoms with van der Waals surface area (Å²) in [4.78, 5) is 25.3. The van der Waals surface area contributed by atoms with Crippen LogP contribution in [0.15, 0.2) is 36.4 Å². The van der Waals surface area contributed by atoms with E-state index in [1.807, 2.05) is 25.2 Å². The lowest BCUT2D eigenvalue weighted by molar-refractivity contribution is -0.139. The summed E-state index contributed by atoms with van der Waals surface area (Å²) in [6.45, 7) is 3.29. The molecule has 0 saturated carbocycles. The molecule has 0 bridgehead atoms. The predicted molar refractivity (Wildman–Crippen MR) is 115 cm³/mol. The lowest BCUT2D eigenvalue weighted by atomic mass is 9.85. The molecule has 8 heteroatoms. The highest BCUT2D eigenvalue weighted by Crippen LogP contribution is 2.38. The number of fused-ring (bicyclic) bond motifs is 1. The molecule has 3 rings (SSSR count). The molecule has 0 fully saturated rings. The Morgan fingerprint density at radius 1 is 1.24 bits per heavy atom. The van der Waals surface area contributed by atoms with E-state index in [0.29, 0.717) is 22.2 Å². The van der Waals surface area contributed by atoms with Gasteiger partial charge in [-0.3, -0.25) is 0 Å². The highest BCUT2D eigenvalue weighted by Gasteiger charge is 2.27. The maximum atomic E-state index is 12.0. The number of anilines is 1. The summed E-state index contributed by atoms with van der Waals surface area (Å²) in [6, 6.07) is 9.78. The van der Waals surface area contributed by atoms with Gasteiger partial charge in [-0.15, -0.1) is 0 Å². The van der Waals surface area contributed by atoms with Crippen LogP contribution < -0.4 is 10.6 Å². The Balaban J connectivity index is 1.77. The second-order valence-corrected chi connectivity index (χ2v) is 8.07. The number of carboxylic acid groups (broad SMARTS) is 1. The van der Waals surface area contributed by atoms with E-state index in [2.05, 4.69) is 15.5 Å². The molecule has 0 aromatic heterocycles. The molecule has 2 atom stereocenters. The minimum absolute atomic E-state index is 0.110. The third kappa shape index (κ3) is 5.01. The molecule has 1 aliphatic rings. The maximum absolute atomic E-state index is 12.0. The molecule has 6 nitrogen and oxygen atoms in total. The highest BCUT2D eigenvalue weighted by atomic mass is 35.5. The van der Waals surface area contributed by atoms with Crippen LogP contribution in [-0.4, -0.2) is 41.6 Å². The number of hydrogen-bond acceptors (Lipinski definition) is 3. The number of hydrogen-bond donors (Lipinski definition) is 3. The Morgan fingerprint density at radius 3 is 2.55 bits per heavy atom. The van der Waals surface area contributed by atoms with Crippen molar-refractivity contribution in [1.82, 2.24) is 10.2 Å². The lowest BCUT2D eigenvalue weighted by Gasteiger charge is -2.33. The largest absolute Gasteiger partial charge is 0.480 e. The van der Waals surface area contributed by atoms with Crippen molar-refractivity contribution in [1.29, 1.82) is 0 Å². The second-order valence-electron chi connectivity index (χ2n) is 7.22. The Bertz CT molecular complexity index is 918. The molecular weight excluding hydrogens is 413 g/mol. The van der Waals surface area contributed by atoms with Crippen molar-refractivity contribution in [2.45, 2.75) is 31.8 Å². The smallest absolute Gasteiger partial charge is 0.326 e. The number of carboxylic acids is 1. The summed E-state index contributed by atoms with van der Waals surface area (Å²) in [5.41, 5.74) is 3.86. The second kappa shape index (κ2) is 9.03. The molecule has 2 amide bonds. The SMILES string of the molecule is CCC(NC(=O)Nc1ccc([C@@H]2CN(C)Cc3c(Cl)cc(Cl)cc32)cc1)C(=O)O. The van der Waals surface area contributed by atoms with Crippen LogP contribution in [0.1, 0.15) is 36.0 Å². The van der Waals surface area contributed by atoms with Gasteiger partial charge < -0.3 is 20.6 Å². The van der Waals surface area contributed by atoms with Gasteiger partial charge in [0.15, 0.2) is 0 Å². The van der Waals surface area contributed by atoms with Crippen molar-refractivity contribution < 1.29 is 14.7 Å². The lowest BCUT2D eigenvalue weighted by Crippen LogP contribution is -2.42. The average Bonchev–Trinajstić information content (AvgIpc) is 2.66. The third-order valence-electron chi connectivity index (χ3n) is 5.08. The number of benzene rings is 2. The number of rotatable bonds is 5. The first-order chi connectivity index (χ1) is 13.8. The van der Waals surface area contributed by atoms with Gasteiger partial charge in [0, 0.05) is 34.7 Å². The zero-order chi connectivity index (χ0) is 21.1. The molecule has 2 aromatic rings. The monoisotopic (exact) mass is 435 g/mol. The fourth-order valence-corrected chi connectivity index (χ4v) is 4.16. The van der Waals surface area contributed by atoms with E-state index in [1.165, 1.54) is 0 Å². The van der Waals surface area contributed by atoms with Crippen LogP contribution in [-0.2, 0) is 11.3 Å². The predicted octanol–water partition coefficient (Wildman–Crippen LogP) is 4.56. The van der Waals surface area contributed by atoms with Crippen molar-refractivity contribution in [3.63, 3.8) is 0 Å². The van der Waals surface area contributed by atoms with Crippen LogP contribution in [0.5, 0.6) is 0 Å². The van der Waals surface area contributed by atoms with Crippen LogP contribution in [0.25, 0.3) is 0 Å². The Labute approximate surface area is 179 Å². The fourth-order valence-electron chi connectivity index (χ4n) is 3.59. The minimum atomic E-state index is -1.06. The first kappa shape index (κ1) is 21.4. The van der Waals surface area contributed by atoms with Gasteiger partial charge in [-0.2, -0.15) is 0 Å². The Kier molecular flexibility index (Phi) is 6.67. The average molecular weight is 436 g/mol. The summed E-state index contributed by atoms with van der Waals surface area (Å²) in [6.07, 6.45) is 0.307. The molecule has 0 saturated heterocycles. The topological polar surface area (TPSA) is 81.7 Å². The van der Waals surface area contributed by atoms with Crippen molar-refractivity contribution in [2.24, 2.45) is 0 Å². The number of carbonyl (C=O) groups is 2. The van der Waals surface area contributed by atoms with Crippen LogP contribution in [0, 0.1) is 0 Å². The molecule has 2 aromatic carbocycles. The molecule has 1 unspecified atom stereocenters. The van der Waals surface area contributed by atoms with Gasteiger partial charge in [0.25, 0.3) is 0 Å². The van der Waals surface area contributed by atoms with E-state index in [9.17, 15) is 9.59 Å². The molecule has 29 heavy (non-hydrogen) atoms. The first-order valence-corrected chi connectivity index (χ1v) is 10.1. The summed E-state index contributed by atoms with van der Waals surface area (Å²) < 4.78 is 0. The van der Waals surface area contributed by atoms with Crippen molar-refractivity contribution in [3.8, 4) is 0 Å². The number of likely N-dealkylation sites (N-methyl/N-ethyl adjacent to an activating group) is 1. The quantitative estimate of drug-likeness (QED) is 0.642. The summed E-state index contributed by atoms with van der Waals surface area (Å²) >= 11 is 12.7. The van der Waals surface area contributed by atoms with Gasteiger partial charge in [-0.05, 0) is 54.4 Å². The molecule has 3 N–H and O–H groups in total. The van der Waals surface area contributed by atoms with Gasteiger partial charge >= 0.3 is 12.0 Å². The van der Waals surface area contributed by atoms with Gasteiger partial charge in [0.05, 0.1) is 0 Å². The van der Waals surface area contributed by atoms with Crippen LogP contribution in [0.4, 0.5) is 10.5 Å². The zero-order valence-corrected chi connectivity index (χ0v) is 17.7. The summed E-state index contributed by atoms with van der Waals surface area (Å²) in [7, 11) is 2.05. The Morgan fingerprint density at radius 2 is 1.93 bits per heavy atom. The maximum Gasteiger partial charge on any atom is 0.326 e. The normalized spacial score (nSPS) is 17.3. The van der Waals surface area contributed by atoms with E-state index < -0.39 is 18.0 Å². The number of nitrogens with one attached hydrogen (secondary N) is 2. The molecule has 1 heterocycles. The summed E-state index contributed by atoms with van der Waals surface area (Å²) in [5, 5.41) is 15.4. The number of aliphatic carboxylic acids is 1. The van der Waals surface area contributed by atoms with Crippen LogP contribution >= 0.6 is 23.2 Å².